The number of fused-ring (bicyclic) bond motifs is 1. The molecule has 1 aliphatic heterocycles. The molecule has 2 aromatic heterocycles. The Labute approximate surface area is 120 Å². The predicted octanol–water partition coefficient (Wildman–Crippen LogP) is 0.495. The van der Waals surface area contributed by atoms with Crippen molar-refractivity contribution >= 4 is 44.2 Å². The van der Waals surface area contributed by atoms with Gasteiger partial charge >= 0.3 is 0 Å². The van der Waals surface area contributed by atoms with Crippen molar-refractivity contribution in [1.82, 2.24) is 15.0 Å². The van der Waals surface area contributed by atoms with Crippen molar-refractivity contribution in [2.24, 2.45) is 0 Å². The molecule has 0 atom stereocenters. The summed E-state index contributed by atoms with van der Waals surface area (Å²) in [7, 11) is -2.96. The Morgan fingerprint density at radius 1 is 1.15 bits per heavy atom. The molecule has 1 aliphatic rings. The SMILES string of the molecule is Nc1nc(N2CCS(=O)(=O)CC2)c2nc(Cl)ccc2n1. The van der Waals surface area contributed by atoms with E-state index in [2.05, 4.69) is 15.0 Å². The van der Waals surface area contributed by atoms with Crippen LogP contribution < -0.4 is 10.6 Å². The van der Waals surface area contributed by atoms with Gasteiger partial charge in [0.05, 0.1) is 17.0 Å². The molecule has 2 N–H and O–H groups in total. The Balaban J connectivity index is 2.09. The van der Waals surface area contributed by atoms with Crippen LogP contribution in [0.15, 0.2) is 12.1 Å². The largest absolute Gasteiger partial charge is 0.368 e. The van der Waals surface area contributed by atoms with E-state index in [-0.39, 0.29) is 17.5 Å². The van der Waals surface area contributed by atoms with Gasteiger partial charge in [-0.1, -0.05) is 11.6 Å². The average molecular weight is 314 g/mol. The summed E-state index contributed by atoms with van der Waals surface area (Å²) in [5.41, 5.74) is 6.82. The van der Waals surface area contributed by atoms with Crippen LogP contribution in [0.1, 0.15) is 0 Å². The zero-order chi connectivity index (χ0) is 14.3. The van der Waals surface area contributed by atoms with Crippen molar-refractivity contribution in [3.8, 4) is 0 Å². The molecule has 0 spiro atoms. The molecular weight excluding hydrogens is 302 g/mol. The van der Waals surface area contributed by atoms with Crippen LogP contribution in [0, 0.1) is 0 Å². The Morgan fingerprint density at radius 3 is 2.55 bits per heavy atom. The number of nitrogens with two attached hydrogens (primary N) is 1. The minimum absolute atomic E-state index is 0.0962. The molecule has 0 aromatic carbocycles. The van der Waals surface area contributed by atoms with Crippen molar-refractivity contribution in [1.29, 1.82) is 0 Å². The topological polar surface area (TPSA) is 102 Å². The molecule has 3 rings (SSSR count). The second-order valence-electron chi connectivity index (χ2n) is 4.55. The third-order valence-electron chi connectivity index (χ3n) is 3.15. The van der Waals surface area contributed by atoms with E-state index in [1.54, 1.807) is 12.1 Å². The lowest BCUT2D eigenvalue weighted by molar-refractivity contribution is 0.586. The van der Waals surface area contributed by atoms with Gasteiger partial charge in [-0.3, -0.25) is 0 Å². The molecule has 20 heavy (non-hydrogen) atoms. The second kappa shape index (κ2) is 4.71. The van der Waals surface area contributed by atoms with Gasteiger partial charge < -0.3 is 10.6 Å². The van der Waals surface area contributed by atoms with Crippen LogP contribution in [0.4, 0.5) is 11.8 Å². The lowest BCUT2D eigenvalue weighted by Gasteiger charge is -2.28. The van der Waals surface area contributed by atoms with Crippen LogP contribution in [-0.4, -0.2) is 48.0 Å². The number of rotatable bonds is 1. The van der Waals surface area contributed by atoms with Gasteiger partial charge in [-0.2, -0.15) is 4.98 Å². The van der Waals surface area contributed by atoms with E-state index in [1.807, 2.05) is 4.90 Å². The van der Waals surface area contributed by atoms with E-state index in [4.69, 9.17) is 17.3 Å². The number of halogens is 1. The second-order valence-corrected chi connectivity index (χ2v) is 7.24. The van der Waals surface area contributed by atoms with Gasteiger partial charge in [0, 0.05) is 13.1 Å². The highest BCUT2D eigenvalue weighted by Gasteiger charge is 2.24. The number of sulfone groups is 1. The zero-order valence-electron chi connectivity index (χ0n) is 10.5. The molecule has 106 valence electrons. The van der Waals surface area contributed by atoms with E-state index in [1.165, 1.54) is 0 Å². The third kappa shape index (κ3) is 2.48. The molecule has 0 amide bonds. The van der Waals surface area contributed by atoms with Crippen LogP contribution >= 0.6 is 11.6 Å². The maximum Gasteiger partial charge on any atom is 0.222 e. The molecule has 3 heterocycles. The van der Waals surface area contributed by atoms with Crippen LogP contribution in [0.25, 0.3) is 11.0 Å². The molecule has 0 saturated carbocycles. The van der Waals surface area contributed by atoms with E-state index in [0.29, 0.717) is 35.1 Å². The number of hydrogen-bond acceptors (Lipinski definition) is 7. The lowest BCUT2D eigenvalue weighted by Crippen LogP contribution is -2.41. The van der Waals surface area contributed by atoms with Crippen LogP contribution in [0.5, 0.6) is 0 Å². The van der Waals surface area contributed by atoms with Crippen molar-refractivity contribution in [3.05, 3.63) is 17.3 Å². The number of pyridine rings is 1. The maximum atomic E-state index is 11.5. The fourth-order valence-corrected chi connectivity index (χ4v) is 3.49. The fraction of sp³-hybridized carbons (Fsp3) is 0.364. The summed E-state index contributed by atoms with van der Waals surface area (Å²) in [4.78, 5) is 14.4. The zero-order valence-corrected chi connectivity index (χ0v) is 12.0. The molecule has 0 bridgehead atoms. The van der Waals surface area contributed by atoms with Crippen molar-refractivity contribution in [3.63, 3.8) is 0 Å². The molecule has 0 aliphatic carbocycles. The average Bonchev–Trinajstić information content (AvgIpc) is 2.39. The van der Waals surface area contributed by atoms with E-state index < -0.39 is 9.84 Å². The minimum atomic E-state index is -2.96. The molecule has 9 heteroatoms. The summed E-state index contributed by atoms with van der Waals surface area (Å²) >= 11 is 5.90. The van der Waals surface area contributed by atoms with Crippen molar-refractivity contribution < 1.29 is 8.42 Å². The third-order valence-corrected chi connectivity index (χ3v) is 4.97. The summed E-state index contributed by atoms with van der Waals surface area (Å²) in [6, 6.07) is 3.34. The van der Waals surface area contributed by atoms with Crippen LogP contribution in [-0.2, 0) is 9.84 Å². The highest BCUT2D eigenvalue weighted by Crippen LogP contribution is 2.25. The number of aromatic nitrogens is 3. The molecule has 2 aromatic rings. The summed E-state index contributed by atoms with van der Waals surface area (Å²) in [5, 5.41) is 0.330. The maximum absolute atomic E-state index is 11.5. The molecule has 0 radical (unpaired) electrons. The number of nitrogen functional groups attached to an aromatic ring is 1. The number of anilines is 2. The number of hydrogen-bond donors (Lipinski definition) is 1. The minimum Gasteiger partial charge on any atom is -0.368 e. The van der Waals surface area contributed by atoms with Gasteiger partial charge in [0.25, 0.3) is 0 Å². The summed E-state index contributed by atoms with van der Waals surface area (Å²) in [6.07, 6.45) is 0. The van der Waals surface area contributed by atoms with Gasteiger partial charge in [-0.15, -0.1) is 0 Å². The van der Waals surface area contributed by atoms with Crippen LogP contribution in [0.2, 0.25) is 5.15 Å². The van der Waals surface area contributed by atoms with Crippen molar-refractivity contribution in [2.75, 3.05) is 35.2 Å². The van der Waals surface area contributed by atoms with Gasteiger partial charge in [0.1, 0.15) is 10.7 Å². The predicted molar refractivity (Wildman–Crippen MR) is 77.6 cm³/mol. The van der Waals surface area contributed by atoms with Gasteiger partial charge in [-0.25, -0.2) is 18.4 Å². The lowest BCUT2D eigenvalue weighted by atomic mass is 10.3. The molecule has 1 saturated heterocycles. The van der Waals surface area contributed by atoms with Gasteiger partial charge in [-0.05, 0) is 12.1 Å². The molecular formula is C11H12ClN5O2S. The quantitative estimate of drug-likeness (QED) is 0.764. The number of nitrogens with zero attached hydrogens (tertiary/aromatic N) is 4. The van der Waals surface area contributed by atoms with Gasteiger partial charge in [0.15, 0.2) is 15.7 Å². The summed E-state index contributed by atoms with van der Waals surface area (Å²) < 4.78 is 23.0. The van der Waals surface area contributed by atoms with E-state index >= 15 is 0 Å². The first-order valence-corrected chi connectivity index (χ1v) is 8.20. The fourth-order valence-electron chi connectivity index (χ4n) is 2.14. The van der Waals surface area contributed by atoms with E-state index in [9.17, 15) is 8.42 Å². The first-order chi connectivity index (χ1) is 9.44. The Hall–Kier alpha value is -1.67. The highest BCUT2D eigenvalue weighted by molar-refractivity contribution is 7.91. The highest BCUT2D eigenvalue weighted by atomic mass is 35.5. The van der Waals surface area contributed by atoms with E-state index in [0.717, 1.165) is 0 Å². The normalized spacial score (nSPS) is 18.4. The molecule has 0 unspecified atom stereocenters. The summed E-state index contributed by atoms with van der Waals surface area (Å²) in [6.45, 7) is 0.726. The van der Waals surface area contributed by atoms with Gasteiger partial charge in [0.2, 0.25) is 5.95 Å². The first-order valence-electron chi connectivity index (χ1n) is 6.00. The Morgan fingerprint density at radius 2 is 1.85 bits per heavy atom. The standard InChI is InChI=1S/C11H12ClN5O2S/c12-8-2-1-7-9(15-8)10(16-11(13)14-7)17-3-5-20(18,19)6-4-17/h1-2H,3-6H2,(H2,13,14,16). The molecule has 7 nitrogen and oxygen atoms in total. The smallest absolute Gasteiger partial charge is 0.222 e. The first kappa shape index (κ1) is 13.3. The Bertz CT molecular complexity index is 766. The monoisotopic (exact) mass is 313 g/mol. The van der Waals surface area contributed by atoms with Crippen molar-refractivity contribution in [2.45, 2.75) is 0 Å². The Kier molecular flexibility index (Phi) is 3.14. The molecule has 1 fully saturated rings. The summed E-state index contributed by atoms with van der Waals surface area (Å²) in [5.74, 6) is 0.854. The van der Waals surface area contributed by atoms with Crippen LogP contribution in [0.3, 0.4) is 0 Å².